The Balaban J connectivity index is 1.68. The van der Waals surface area contributed by atoms with Crippen LogP contribution in [0.2, 0.25) is 0 Å². The summed E-state index contributed by atoms with van der Waals surface area (Å²) in [4.78, 5) is 11.8. The van der Waals surface area contributed by atoms with E-state index >= 15 is 0 Å². The van der Waals surface area contributed by atoms with Gasteiger partial charge in [0.05, 0.1) is 52.4 Å². The summed E-state index contributed by atoms with van der Waals surface area (Å²) in [5.41, 5.74) is 0. The van der Waals surface area contributed by atoms with Crippen LogP contribution < -0.4 is 5.32 Å². The molecule has 1 N–H and O–H groups in total. The van der Waals surface area contributed by atoms with Gasteiger partial charge in [-0.05, 0) is 32.4 Å². The molecule has 1 aliphatic heterocycles. The van der Waals surface area contributed by atoms with Crippen LogP contribution in [0.1, 0.15) is 110 Å². The van der Waals surface area contributed by atoms with Crippen LogP contribution in [0.4, 0.5) is 0 Å². The highest BCUT2D eigenvalue weighted by Crippen LogP contribution is 2.13. The Morgan fingerprint density at radius 1 is 0.611 bits per heavy atom. The molecule has 0 aromatic carbocycles. The molecule has 1 fully saturated rings. The van der Waals surface area contributed by atoms with Crippen LogP contribution in [-0.2, 0) is 28.5 Å². The number of hydrogen-bond donors (Lipinski definition) is 1. The molecule has 1 aliphatic rings. The van der Waals surface area contributed by atoms with E-state index in [9.17, 15) is 4.79 Å². The van der Waals surface area contributed by atoms with E-state index in [4.69, 9.17) is 23.7 Å². The molecule has 0 aliphatic carbocycles. The van der Waals surface area contributed by atoms with Gasteiger partial charge >= 0.3 is 5.97 Å². The zero-order valence-electron chi connectivity index (χ0n) is 23.4. The van der Waals surface area contributed by atoms with Crippen molar-refractivity contribution in [1.82, 2.24) is 5.32 Å². The highest BCUT2D eigenvalue weighted by atomic mass is 16.6. The Hall–Kier alpha value is -0.730. The molecule has 0 aromatic heterocycles. The lowest BCUT2D eigenvalue weighted by atomic mass is 10.0. The van der Waals surface area contributed by atoms with Gasteiger partial charge in [-0.3, -0.25) is 4.79 Å². The third-order valence-corrected chi connectivity index (χ3v) is 6.59. The second-order valence-corrected chi connectivity index (χ2v) is 9.87. The van der Waals surface area contributed by atoms with E-state index in [2.05, 4.69) is 12.2 Å². The third-order valence-electron chi connectivity index (χ3n) is 6.59. The Morgan fingerprint density at radius 2 is 1.06 bits per heavy atom. The van der Waals surface area contributed by atoms with Crippen LogP contribution in [0, 0.1) is 0 Å². The van der Waals surface area contributed by atoms with Crippen molar-refractivity contribution in [3.05, 3.63) is 0 Å². The quantitative estimate of drug-likeness (QED) is 0.109. The Bertz CT molecular complexity index is 459. The predicted octanol–water partition coefficient (Wildman–Crippen LogP) is 5.83. The van der Waals surface area contributed by atoms with Gasteiger partial charge in [-0.15, -0.1) is 0 Å². The normalized spacial score (nSPS) is 14.4. The number of piperidine rings is 1. The zero-order chi connectivity index (χ0) is 25.8. The van der Waals surface area contributed by atoms with Gasteiger partial charge in [0.1, 0.15) is 6.61 Å². The fourth-order valence-corrected chi connectivity index (χ4v) is 4.35. The molecule has 0 spiro atoms. The first kappa shape index (κ1) is 33.3. The van der Waals surface area contributed by atoms with E-state index in [1.54, 1.807) is 0 Å². The average molecular weight is 516 g/mol. The second-order valence-electron chi connectivity index (χ2n) is 9.87. The molecular weight excluding hydrogens is 458 g/mol. The highest BCUT2D eigenvalue weighted by molar-refractivity contribution is 5.69. The minimum atomic E-state index is -0.112. The van der Waals surface area contributed by atoms with E-state index in [0.717, 1.165) is 38.8 Å². The molecule has 0 saturated carbocycles. The number of ether oxygens (including phenoxy) is 5. The lowest BCUT2D eigenvalue weighted by Gasteiger charge is -2.22. The maximum absolute atomic E-state index is 11.8. The summed E-state index contributed by atoms with van der Waals surface area (Å²) in [5, 5.41) is 3.33. The van der Waals surface area contributed by atoms with Crippen molar-refractivity contribution in [2.75, 3.05) is 65.9 Å². The van der Waals surface area contributed by atoms with Gasteiger partial charge in [-0.2, -0.15) is 0 Å². The molecule has 0 atom stereocenters. The molecule has 0 amide bonds. The van der Waals surface area contributed by atoms with Crippen molar-refractivity contribution in [2.24, 2.45) is 0 Å². The summed E-state index contributed by atoms with van der Waals surface area (Å²) >= 11 is 0. The van der Waals surface area contributed by atoms with Crippen LogP contribution >= 0.6 is 0 Å². The molecule has 1 rings (SSSR count). The smallest absolute Gasteiger partial charge is 0.305 e. The number of carbonyl (C=O) groups excluding carboxylic acids is 1. The molecule has 0 radical (unpaired) electrons. The van der Waals surface area contributed by atoms with Gasteiger partial charge in [0.25, 0.3) is 0 Å². The van der Waals surface area contributed by atoms with Crippen LogP contribution in [0.15, 0.2) is 0 Å². The Kier molecular flexibility index (Phi) is 25.3. The van der Waals surface area contributed by atoms with Crippen LogP contribution in [0.25, 0.3) is 0 Å². The van der Waals surface area contributed by atoms with E-state index < -0.39 is 0 Å². The third kappa shape index (κ3) is 23.7. The summed E-state index contributed by atoms with van der Waals surface area (Å²) in [5.74, 6) is -0.112. The molecule has 0 bridgehead atoms. The van der Waals surface area contributed by atoms with E-state index in [1.165, 1.54) is 70.6 Å². The van der Waals surface area contributed by atoms with Gasteiger partial charge in [0.2, 0.25) is 0 Å². The largest absolute Gasteiger partial charge is 0.463 e. The lowest BCUT2D eigenvalue weighted by Crippen LogP contribution is -2.33. The number of unbranched alkanes of at least 4 members (excludes halogenated alkanes) is 12. The van der Waals surface area contributed by atoms with Crippen molar-refractivity contribution in [3.63, 3.8) is 0 Å². The summed E-state index contributed by atoms with van der Waals surface area (Å²) in [6.45, 7) is 8.46. The minimum absolute atomic E-state index is 0.112. The average Bonchev–Trinajstić information content (AvgIpc) is 2.90. The number of hydrogen-bond acceptors (Lipinski definition) is 7. The molecule has 7 nitrogen and oxygen atoms in total. The fourth-order valence-electron chi connectivity index (χ4n) is 4.35. The molecule has 1 saturated heterocycles. The van der Waals surface area contributed by atoms with Crippen molar-refractivity contribution in [2.45, 2.75) is 116 Å². The van der Waals surface area contributed by atoms with Gasteiger partial charge in [0.15, 0.2) is 0 Å². The van der Waals surface area contributed by atoms with Crippen molar-refractivity contribution >= 4 is 5.97 Å². The predicted molar refractivity (Wildman–Crippen MR) is 146 cm³/mol. The number of carbonyl (C=O) groups is 1. The molecule has 36 heavy (non-hydrogen) atoms. The van der Waals surface area contributed by atoms with Crippen LogP contribution in [-0.4, -0.2) is 78.0 Å². The molecule has 0 unspecified atom stereocenters. The Labute approximate surface area is 221 Å². The maximum atomic E-state index is 11.8. The fraction of sp³-hybridized carbons (Fsp3) is 0.966. The summed E-state index contributed by atoms with van der Waals surface area (Å²) < 4.78 is 27.5. The maximum Gasteiger partial charge on any atom is 0.305 e. The summed E-state index contributed by atoms with van der Waals surface area (Å²) in [6.07, 6.45) is 20.1. The SMILES string of the molecule is CCCCCCCCCCCCCCCC(=O)OCCOCCOCCOCCOC1CCNCC1. The monoisotopic (exact) mass is 515 g/mol. The Morgan fingerprint density at radius 3 is 1.58 bits per heavy atom. The second kappa shape index (κ2) is 27.3. The standard InChI is InChI=1S/C29H57NO6/c1-2-3-4-5-6-7-8-9-10-11-12-13-14-15-29(31)36-27-25-34-23-21-32-20-22-33-24-26-35-28-16-18-30-19-17-28/h28,30H,2-27H2,1H3. The molecule has 0 aromatic rings. The minimum Gasteiger partial charge on any atom is -0.463 e. The van der Waals surface area contributed by atoms with Crippen molar-refractivity contribution in [3.8, 4) is 0 Å². The molecule has 214 valence electrons. The van der Waals surface area contributed by atoms with Gasteiger partial charge in [-0.1, -0.05) is 84.0 Å². The molecular formula is C29H57NO6. The van der Waals surface area contributed by atoms with Gasteiger partial charge < -0.3 is 29.0 Å². The number of esters is 1. The first-order valence-corrected chi connectivity index (χ1v) is 15.0. The lowest BCUT2D eigenvalue weighted by molar-refractivity contribution is -0.145. The van der Waals surface area contributed by atoms with Crippen LogP contribution in [0.5, 0.6) is 0 Å². The first-order valence-electron chi connectivity index (χ1n) is 15.0. The number of nitrogens with one attached hydrogen (secondary N) is 1. The van der Waals surface area contributed by atoms with E-state index in [0.29, 0.717) is 65.4 Å². The first-order chi connectivity index (χ1) is 17.8. The van der Waals surface area contributed by atoms with Crippen LogP contribution in [0.3, 0.4) is 0 Å². The zero-order valence-corrected chi connectivity index (χ0v) is 23.4. The highest BCUT2D eigenvalue weighted by Gasteiger charge is 2.12. The van der Waals surface area contributed by atoms with Crippen molar-refractivity contribution < 1.29 is 28.5 Å². The summed E-state index contributed by atoms with van der Waals surface area (Å²) in [6, 6.07) is 0. The molecule has 1 heterocycles. The molecule has 7 heteroatoms. The topological polar surface area (TPSA) is 75.3 Å². The van der Waals surface area contributed by atoms with Gasteiger partial charge in [-0.25, -0.2) is 0 Å². The van der Waals surface area contributed by atoms with E-state index in [1.807, 2.05) is 0 Å². The number of rotatable bonds is 27. The van der Waals surface area contributed by atoms with Gasteiger partial charge in [0, 0.05) is 6.42 Å². The van der Waals surface area contributed by atoms with Crippen molar-refractivity contribution in [1.29, 1.82) is 0 Å². The van der Waals surface area contributed by atoms with E-state index in [-0.39, 0.29) is 5.97 Å². The summed E-state index contributed by atoms with van der Waals surface area (Å²) in [7, 11) is 0.